The zero-order valence-electron chi connectivity index (χ0n) is 19.6. The van der Waals surface area contributed by atoms with Crippen LogP contribution in [0.15, 0.2) is 81.2 Å². The topological polar surface area (TPSA) is 120 Å². The number of aromatic nitrogens is 4. The molecule has 10 nitrogen and oxygen atoms in total. The van der Waals surface area contributed by atoms with Gasteiger partial charge in [-0.05, 0) is 55.0 Å². The fourth-order valence-electron chi connectivity index (χ4n) is 3.61. The van der Waals surface area contributed by atoms with Gasteiger partial charge in [-0.25, -0.2) is 14.2 Å². The molecule has 2 aromatic carbocycles. The van der Waals surface area contributed by atoms with Gasteiger partial charge in [-0.15, -0.1) is 0 Å². The number of benzene rings is 2. The fourth-order valence-corrected chi connectivity index (χ4v) is 3.74. The van der Waals surface area contributed by atoms with E-state index in [0.29, 0.717) is 22.0 Å². The Kier molecular flexibility index (Phi) is 7.16. The number of amides is 1. The van der Waals surface area contributed by atoms with E-state index in [4.69, 9.17) is 11.6 Å². The molecule has 4 rings (SSSR count). The average molecular weight is 507 g/mol. The Morgan fingerprint density at radius 1 is 0.944 bits per heavy atom. The summed E-state index contributed by atoms with van der Waals surface area (Å²) in [7, 11) is 1.51. The first-order valence-electron chi connectivity index (χ1n) is 11.1. The van der Waals surface area contributed by atoms with Gasteiger partial charge in [-0.1, -0.05) is 23.7 Å². The van der Waals surface area contributed by atoms with Crippen LogP contribution >= 0.6 is 11.6 Å². The number of hydrogen-bond donors (Lipinski definition) is 2. The summed E-state index contributed by atoms with van der Waals surface area (Å²) in [6, 6.07) is 16.5. The quantitative estimate of drug-likeness (QED) is 0.397. The molecule has 1 amide bonds. The van der Waals surface area contributed by atoms with E-state index in [2.05, 4.69) is 15.6 Å². The first-order chi connectivity index (χ1) is 17.3. The Balaban J connectivity index is 1.69. The van der Waals surface area contributed by atoms with Gasteiger partial charge in [0.05, 0.1) is 12.1 Å². The van der Waals surface area contributed by atoms with Gasteiger partial charge >= 0.3 is 11.4 Å². The molecule has 0 saturated carbocycles. The molecule has 2 aromatic heterocycles. The van der Waals surface area contributed by atoms with Crippen molar-refractivity contribution in [2.24, 2.45) is 0 Å². The predicted octanol–water partition coefficient (Wildman–Crippen LogP) is 2.38. The molecule has 0 bridgehead atoms. The van der Waals surface area contributed by atoms with E-state index >= 15 is 0 Å². The van der Waals surface area contributed by atoms with Crippen LogP contribution in [0.1, 0.15) is 22.8 Å². The third-order valence-electron chi connectivity index (χ3n) is 5.52. The first-order valence-corrected chi connectivity index (χ1v) is 11.5. The summed E-state index contributed by atoms with van der Waals surface area (Å²) in [6.45, 7) is 2.06. The van der Waals surface area contributed by atoms with Gasteiger partial charge in [0.1, 0.15) is 0 Å². The van der Waals surface area contributed by atoms with E-state index in [1.807, 2.05) is 0 Å². The molecule has 2 N–H and O–H groups in total. The van der Waals surface area contributed by atoms with Crippen molar-refractivity contribution >= 4 is 29.1 Å². The summed E-state index contributed by atoms with van der Waals surface area (Å²) in [5, 5.41) is 6.13. The number of halogens is 1. The van der Waals surface area contributed by atoms with Crippen LogP contribution < -0.4 is 27.6 Å². The lowest BCUT2D eigenvalue weighted by molar-refractivity contribution is 0.0962. The molecular formula is C25H23ClN6O4. The highest BCUT2D eigenvalue weighted by Gasteiger charge is 2.14. The van der Waals surface area contributed by atoms with E-state index in [-0.39, 0.29) is 30.5 Å². The number of hydrogen-bond acceptors (Lipinski definition) is 6. The zero-order valence-corrected chi connectivity index (χ0v) is 20.3. The molecule has 184 valence electrons. The van der Waals surface area contributed by atoms with E-state index in [9.17, 15) is 19.2 Å². The third kappa shape index (κ3) is 5.13. The molecule has 0 radical (unpaired) electrons. The smallest absolute Gasteiger partial charge is 0.354 e. The van der Waals surface area contributed by atoms with Crippen molar-refractivity contribution in [3.05, 3.63) is 114 Å². The highest BCUT2D eigenvalue weighted by atomic mass is 35.5. The maximum absolute atomic E-state index is 13.0. The SMILES string of the molecule is CCn1c(=O)nc(Nc2ccc(-n3cc(C(=O)NC)ccc3=O)cc2)n(Cc2ccc(Cl)cc2)c1=O. The predicted molar refractivity (Wildman–Crippen MR) is 138 cm³/mol. The molecule has 0 fully saturated rings. The Morgan fingerprint density at radius 3 is 2.28 bits per heavy atom. The molecule has 0 aliphatic heterocycles. The van der Waals surface area contributed by atoms with Gasteiger partial charge in [0.25, 0.3) is 11.5 Å². The Bertz CT molecular complexity index is 1590. The molecule has 0 aliphatic rings. The number of pyridine rings is 1. The Hall–Kier alpha value is -4.44. The van der Waals surface area contributed by atoms with Crippen molar-refractivity contribution in [1.29, 1.82) is 0 Å². The first kappa shape index (κ1) is 24.7. The van der Waals surface area contributed by atoms with E-state index in [1.165, 1.54) is 34.5 Å². The van der Waals surface area contributed by atoms with Crippen molar-refractivity contribution in [3.63, 3.8) is 0 Å². The van der Waals surface area contributed by atoms with Crippen LogP contribution in [0, 0.1) is 0 Å². The minimum Gasteiger partial charge on any atom is -0.355 e. The zero-order chi connectivity index (χ0) is 25.8. The van der Waals surface area contributed by atoms with Crippen LogP contribution in [-0.4, -0.2) is 31.6 Å². The van der Waals surface area contributed by atoms with Gasteiger partial charge in [0, 0.05) is 42.3 Å². The normalized spacial score (nSPS) is 10.8. The second-order valence-corrected chi connectivity index (χ2v) is 8.27. The number of nitrogens with one attached hydrogen (secondary N) is 2. The molecule has 0 unspecified atom stereocenters. The van der Waals surface area contributed by atoms with Crippen LogP contribution in [0.2, 0.25) is 5.02 Å². The van der Waals surface area contributed by atoms with Crippen molar-refractivity contribution < 1.29 is 4.79 Å². The van der Waals surface area contributed by atoms with Crippen molar-refractivity contribution in [3.8, 4) is 5.69 Å². The number of anilines is 2. The van der Waals surface area contributed by atoms with E-state index in [0.717, 1.165) is 10.1 Å². The average Bonchev–Trinajstić information content (AvgIpc) is 2.88. The minimum absolute atomic E-state index is 0.0798. The highest BCUT2D eigenvalue weighted by molar-refractivity contribution is 6.30. The molecule has 4 aromatic rings. The lowest BCUT2D eigenvalue weighted by Crippen LogP contribution is -2.42. The minimum atomic E-state index is -0.661. The largest absolute Gasteiger partial charge is 0.355 e. The van der Waals surface area contributed by atoms with E-state index in [1.54, 1.807) is 55.5 Å². The molecule has 0 saturated heterocycles. The Labute approximate surface area is 210 Å². The van der Waals surface area contributed by atoms with Gasteiger partial charge in [-0.3, -0.25) is 18.7 Å². The lowest BCUT2D eigenvalue weighted by Gasteiger charge is -2.15. The summed E-state index contributed by atoms with van der Waals surface area (Å²) in [6.07, 6.45) is 1.46. The van der Waals surface area contributed by atoms with Gasteiger partial charge in [0.2, 0.25) is 5.95 Å². The maximum atomic E-state index is 13.0. The molecule has 36 heavy (non-hydrogen) atoms. The molecule has 0 spiro atoms. The summed E-state index contributed by atoms with van der Waals surface area (Å²) in [5.41, 5.74) is 0.758. The number of carbonyl (C=O) groups is 1. The molecule has 0 atom stereocenters. The lowest BCUT2D eigenvalue weighted by atomic mass is 10.2. The highest BCUT2D eigenvalue weighted by Crippen LogP contribution is 2.17. The third-order valence-corrected chi connectivity index (χ3v) is 5.77. The van der Waals surface area contributed by atoms with Crippen molar-refractivity contribution in [1.82, 2.24) is 24.0 Å². The number of carbonyl (C=O) groups excluding carboxylic acids is 1. The van der Waals surface area contributed by atoms with Crippen molar-refractivity contribution in [2.45, 2.75) is 20.0 Å². The second kappa shape index (κ2) is 10.4. The monoisotopic (exact) mass is 506 g/mol. The van der Waals surface area contributed by atoms with Crippen LogP contribution in [0.4, 0.5) is 11.6 Å². The molecule has 2 heterocycles. The maximum Gasteiger partial charge on any atom is 0.354 e. The number of rotatable bonds is 7. The summed E-state index contributed by atoms with van der Waals surface area (Å²) in [5.74, 6) is -0.232. The van der Waals surface area contributed by atoms with Gasteiger partial charge in [-0.2, -0.15) is 4.98 Å². The van der Waals surface area contributed by atoms with Crippen LogP contribution in [0.25, 0.3) is 5.69 Å². The van der Waals surface area contributed by atoms with Gasteiger partial charge in [0.15, 0.2) is 0 Å². The molecule has 0 aliphatic carbocycles. The standard InChI is InChI=1S/C25H23ClN6O4/c1-3-30-24(35)29-23(32(25(30)36)14-16-4-7-18(26)8-5-16)28-19-9-11-20(12-10-19)31-15-17(22(34)27-2)6-13-21(31)33/h4-13,15H,3,14H2,1-2H3,(H,27,34)(H,28,29,35). The summed E-state index contributed by atoms with van der Waals surface area (Å²) >= 11 is 5.97. The van der Waals surface area contributed by atoms with Crippen LogP contribution in [0.5, 0.6) is 0 Å². The molecular weight excluding hydrogens is 484 g/mol. The van der Waals surface area contributed by atoms with Crippen LogP contribution in [-0.2, 0) is 13.1 Å². The Morgan fingerprint density at radius 2 is 1.64 bits per heavy atom. The van der Waals surface area contributed by atoms with Crippen molar-refractivity contribution in [2.75, 3.05) is 12.4 Å². The fraction of sp³-hybridized carbons (Fsp3) is 0.160. The van der Waals surface area contributed by atoms with Crippen LogP contribution in [0.3, 0.4) is 0 Å². The summed E-state index contributed by atoms with van der Waals surface area (Å²) < 4.78 is 3.78. The molecule has 11 heteroatoms. The summed E-state index contributed by atoms with van der Waals surface area (Å²) in [4.78, 5) is 53.8. The van der Waals surface area contributed by atoms with Gasteiger partial charge < -0.3 is 10.6 Å². The van der Waals surface area contributed by atoms with E-state index < -0.39 is 11.4 Å². The second-order valence-electron chi connectivity index (χ2n) is 7.83. The number of nitrogens with zero attached hydrogens (tertiary/aromatic N) is 4.